The molecule has 0 aliphatic carbocycles. The third kappa shape index (κ3) is 6.69. The molecule has 0 fully saturated rings. The zero-order valence-corrected chi connectivity index (χ0v) is 13.8. The average molecular weight is 316 g/mol. The first kappa shape index (κ1) is 18.8. The van der Waals surface area contributed by atoms with Crippen molar-refractivity contribution < 1.29 is 25.2 Å². The summed E-state index contributed by atoms with van der Waals surface area (Å²) >= 11 is 0. The molecule has 0 radical (unpaired) electrons. The zero-order valence-electron chi connectivity index (χ0n) is 12.1. The highest BCUT2D eigenvalue weighted by molar-refractivity contribution is 7.87. The van der Waals surface area contributed by atoms with Crippen molar-refractivity contribution in [3.05, 3.63) is 0 Å². The maximum atomic E-state index is 11.5. The Kier molecular flexibility index (Phi) is 7.49. The Labute approximate surface area is 116 Å². The SMILES string of the molecule is CCC(C)C(OS(=O)(=O)CC)C(C)OS(=O)(=O)CC. The average Bonchev–Trinajstić information content (AvgIpc) is 2.34. The van der Waals surface area contributed by atoms with Crippen LogP contribution in [0.2, 0.25) is 0 Å². The molecule has 0 aliphatic heterocycles. The largest absolute Gasteiger partial charge is 0.267 e. The highest BCUT2D eigenvalue weighted by atomic mass is 32.2. The van der Waals surface area contributed by atoms with E-state index in [1.54, 1.807) is 6.92 Å². The summed E-state index contributed by atoms with van der Waals surface area (Å²) in [7, 11) is -7.30. The predicted octanol–water partition coefficient (Wildman–Crippen LogP) is 1.52. The topological polar surface area (TPSA) is 86.7 Å². The van der Waals surface area contributed by atoms with Gasteiger partial charge in [-0.15, -0.1) is 0 Å². The fraction of sp³-hybridized carbons (Fsp3) is 1.00. The number of hydrogen-bond donors (Lipinski definition) is 0. The van der Waals surface area contributed by atoms with E-state index in [4.69, 9.17) is 8.37 Å². The van der Waals surface area contributed by atoms with Crippen LogP contribution < -0.4 is 0 Å². The smallest absolute Gasteiger partial charge is 0.264 e. The molecule has 0 amide bonds. The molecule has 0 N–H and O–H groups in total. The Hall–Kier alpha value is -0.180. The van der Waals surface area contributed by atoms with Crippen LogP contribution in [0.15, 0.2) is 0 Å². The standard InChI is InChI=1S/C11H24O6S2/c1-6-9(4)11(17-19(14,15)8-3)10(5)16-18(12,13)7-2/h9-11H,6-8H2,1-5H3. The Bertz CT molecular complexity index is 454. The second-order valence-corrected chi connectivity index (χ2v) is 8.21. The summed E-state index contributed by atoms with van der Waals surface area (Å²) in [5, 5.41) is 0. The van der Waals surface area contributed by atoms with Crippen molar-refractivity contribution in [3.8, 4) is 0 Å². The Morgan fingerprint density at radius 3 is 1.63 bits per heavy atom. The fourth-order valence-electron chi connectivity index (χ4n) is 1.46. The molecule has 8 heteroatoms. The summed E-state index contributed by atoms with van der Waals surface area (Å²) in [6.07, 6.45) is -0.999. The van der Waals surface area contributed by atoms with Gasteiger partial charge in [0.1, 0.15) is 12.2 Å². The molecule has 0 saturated heterocycles. The van der Waals surface area contributed by atoms with Gasteiger partial charge in [0.2, 0.25) is 0 Å². The minimum Gasteiger partial charge on any atom is -0.264 e. The van der Waals surface area contributed by atoms with Crippen LogP contribution >= 0.6 is 0 Å². The summed E-state index contributed by atoms with van der Waals surface area (Å²) in [5.74, 6) is -0.457. The Balaban J connectivity index is 5.06. The second kappa shape index (κ2) is 7.56. The van der Waals surface area contributed by atoms with Crippen molar-refractivity contribution in [3.63, 3.8) is 0 Å². The van der Waals surface area contributed by atoms with E-state index in [9.17, 15) is 16.8 Å². The lowest BCUT2D eigenvalue weighted by Crippen LogP contribution is -2.38. The molecule has 19 heavy (non-hydrogen) atoms. The van der Waals surface area contributed by atoms with Crippen LogP contribution in [-0.2, 0) is 28.6 Å². The van der Waals surface area contributed by atoms with Crippen molar-refractivity contribution >= 4 is 20.2 Å². The van der Waals surface area contributed by atoms with E-state index in [1.807, 2.05) is 6.92 Å². The summed E-state index contributed by atoms with van der Waals surface area (Å²) in [4.78, 5) is 0. The highest BCUT2D eigenvalue weighted by Crippen LogP contribution is 2.21. The van der Waals surface area contributed by atoms with Crippen LogP contribution in [0.25, 0.3) is 0 Å². The van der Waals surface area contributed by atoms with Gasteiger partial charge in [-0.25, -0.2) is 0 Å². The molecule has 0 heterocycles. The van der Waals surface area contributed by atoms with Gasteiger partial charge in [0.05, 0.1) is 11.5 Å². The molecule has 0 spiro atoms. The highest BCUT2D eigenvalue weighted by Gasteiger charge is 2.31. The molecule has 3 atom stereocenters. The van der Waals surface area contributed by atoms with E-state index in [0.717, 1.165) is 0 Å². The summed E-state index contributed by atoms with van der Waals surface area (Å²) in [6.45, 7) is 8.12. The lowest BCUT2D eigenvalue weighted by atomic mass is 9.98. The first-order valence-electron chi connectivity index (χ1n) is 6.40. The molecule has 0 aromatic heterocycles. The predicted molar refractivity (Wildman–Crippen MR) is 73.8 cm³/mol. The van der Waals surface area contributed by atoms with Gasteiger partial charge in [0.15, 0.2) is 0 Å². The van der Waals surface area contributed by atoms with E-state index in [-0.39, 0.29) is 17.4 Å². The van der Waals surface area contributed by atoms with Gasteiger partial charge >= 0.3 is 0 Å². The van der Waals surface area contributed by atoms with Gasteiger partial charge in [0.25, 0.3) is 20.2 Å². The molecule has 0 aromatic carbocycles. The molecule has 116 valence electrons. The lowest BCUT2D eigenvalue weighted by Gasteiger charge is -2.27. The van der Waals surface area contributed by atoms with E-state index < -0.39 is 32.4 Å². The fourth-order valence-corrected chi connectivity index (χ4v) is 2.99. The van der Waals surface area contributed by atoms with Crippen LogP contribution in [0.4, 0.5) is 0 Å². The van der Waals surface area contributed by atoms with Gasteiger partial charge in [0, 0.05) is 0 Å². The van der Waals surface area contributed by atoms with Crippen molar-refractivity contribution in [2.75, 3.05) is 11.5 Å². The lowest BCUT2D eigenvalue weighted by molar-refractivity contribution is 0.0373. The molecule has 3 unspecified atom stereocenters. The third-order valence-corrected chi connectivity index (χ3v) is 5.46. The minimum atomic E-state index is -3.66. The molecule has 6 nitrogen and oxygen atoms in total. The van der Waals surface area contributed by atoms with Crippen molar-refractivity contribution in [1.82, 2.24) is 0 Å². The number of hydrogen-bond acceptors (Lipinski definition) is 6. The monoisotopic (exact) mass is 316 g/mol. The third-order valence-electron chi connectivity index (χ3n) is 2.93. The van der Waals surface area contributed by atoms with E-state index in [2.05, 4.69) is 0 Å². The molecule has 0 saturated carbocycles. The van der Waals surface area contributed by atoms with Crippen LogP contribution in [0.3, 0.4) is 0 Å². The van der Waals surface area contributed by atoms with Gasteiger partial charge in [-0.05, 0) is 26.7 Å². The quantitative estimate of drug-likeness (QED) is 0.599. The minimum absolute atomic E-state index is 0.136. The van der Waals surface area contributed by atoms with Gasteiger partial charge < -0.3 is 0 Å². The van der Waals surface area contributed by atoms with Gasteiger partial charge in [-0.2, -0.15) is 16.8 Å². The first-order valence-corrected chi connectivity index (χ1v) is 9.55. The molecular formula is C11H24O6S2. The van der Waals surface area contributed by atoms with Gasteiger partial charge in [-0.3, -0.25) is 8.37 Å². The van der Waals surface area contributed by atoms with E-state index in [0.29, 0.717) is 6.42 Å². The van der Waals surface area contributed by atoms with Gasteiger partial charge in [-0.1, -0.05) is 20.3 Å². The summed E-state index contributed by atoms with van der Waals surface area (Å²) in [6, 6.07) is 0. The maximum Gasteiger partial charge on any atom is 0.267 e. The summed E-state index contributed by atoms with van der Waals surface area (Å²) < 4.78 is 56.0. The normalized spacial score (nSPS) is 17.9. The molecule has 0 bridgehead atoms. The van der Waals surface area contributed by atoms with Crippen molar-refractivity contribution in [2.24, 2.45) is 5.92 Å². The van der Waals surface area contributed by atoms with E-state index >= 15 is 0 Å². The number of rotatable bonds is 9. The first-order chi connectivity index (χ1) is 8.58. The van der Waals surface area contributed by atoms with Crippen LogP contribution in [0.5, 0.6) is 0 Å². The Morgan fingerprint density at radius 2 is 1.26 bits per heavy atom. The van der Waals surface area contributed by atoms with Crippen LogP contribution in [0.1, 0.15) is 41.0 Å². The van der Waals surface area contributed by atoms with Crippen molar-refractivity contribution in [2.45, 2.75) is 53.2 Å². The van der Waals surface area contributed by atoms with Crippen LogP contribution in [-0.4, -0.2) is 40.5 Å². The maximum absolute atomic E-state index is 11.5. The second-order valence-electron chi connectivity index (χ2n) is 4.44. The Morgan fingerprint density at radius 1 is 0.842 bits per heavy atom. The summed E-state index contributed by atoms with van der Waals surface area (Å²) in [5.41, 5.74) is 0. The van der Waals surface area contributed by atoms with E-state index in [1.165, 1.54) is 20.8 Å². The molecule has 0 rings (SSSR count). The zero-order chi connectivity index (χ0) is 15.3. The molecular weight excluding hydrogens is 292 g/mol. The van der Waals surface area contributed by atoms with Crippen molar-refractivity contribution in [1.29, 1.82) is 0 Å². The van der Waals surface area contributed by atoms with Crippen LogP contribution in [0, 0.1) is 5.92 Å². The molecule has 0 aliphatic rings. The molecule has 0 aromatic rings.